The van der Waals surface area contributed by atoms with Crippen molar-refractivity contribution in [2.45, 2.75) is 5.92 Å². The van der Waals surface area contributed by atoms with Crippen LogP contribution in [0.1, 0.15) is 23.0 Å². The average molecular weight is 376 g/mol. The highest BCUT2D eigenvalue weighted by Gasteiger charge is 2.24. The second-order valence-electron chi connectivity index (χ2n) is 6.98. The molecule has 0 radical (unpaired) electrons. The first-order valence-corrected chi connectivity index (χ1v) is 9.74. The summed E-state index contributed by atoms with van der Waals surface area (Å²) in [6, 6.07) is 38.8. The van der Waals surface area contributed by atoms with Gasteiger partial charge in [-0.25, -0.2) is 0 Å². The summed E-state index contributed by atoms with van der Waals surface area (Å²) in [7, 11) is 0. The minimum atomic E-state index is -0.105. The number of benzene rings is 3. The highest BCUT2D eigenvalue weighted by atomic mass is 16.4. The molecule has 0 saturated heterocycles. The Labute approximate surface area is 170 Å². The maximum absolute atomic E-state index is 6.30. The topological polar surface area (TPSA) is 26.3 Å². The van der Waals surface area contributed by atoms with Crippen LogP contribution < -0.4 is 0 Å². The molecule has 29 heavy (non-hydrogen) atoms. The van der Waals surface area contributed by atoms with Crippen LogP contribution in [0.25, 0.3) is 22.6 Å². The lowest BCUT2D eigenvalue weighted by atomic mass is 9.94. The summed E-state index contributed by atoms with van der Waals surface area (Å²) in [5, 5.41) is 0. The molecule has 140 valence electrons. The Kier molecular flexibility index (Phi) is 4.59. The van der Waals surface area contributed by atoms with Gasteiger partial charge in [0.05, 0.1) is 0 Å². The quantitative estimate of drug-likeness (QED) is 0.320. The number of rotatable bonds is 5. The molecule has 0 atom stereocenters. The molecule has 0 spiro atoms. The van der Waals surface area contributed by atoms with Crippen molar-refractivity contribution in [2.24, 2.45) is 0 Å². The smallest absolute Gasteiger partial charge is 0.134 e. The molecule has 0 fully saturated rings. The van der Waals surface area contributed by atoms with Gasteiger partial charge in [0.2, 0.25) is 0 Å². The van der Waals surface area contributed by atoms with E-state index in [0.717, 1.165) is 39.7 Å². The van der Waals surface area contributed by atoms with E-state index >= 15 is 0 Å². The molecule has 0 unspecified atom stereocenters. The van der Waals surface area contributed by atoms with E-state index in [0.29, 0.717) is 0 Å². The fraction of sp³-hybridized carbons (Fsp3) is 0.0370. The van der Waals surface area contributed by atoms with Crippen LogP contribution in [-0.4, -0.2) is 0 Å². The van der Waals surface area contributed by atoms with Gasteiger partial charge in [-0.05, 0) is 29.8 Å². The molecular formula is C27H20O2. The summed E-state index contributed by atoms with van der Waals surface area (Å²) >= 11 is 0. The fourth-order valence-corrected chi connectivity index (χ4v) is 3.65. The molecule has 0 saturated carbocycles. The van der Waals surface area contributed by atoms with Crippen molar-refractivity contribution in [3.63, 3.8) is 0 Å². The van der Waals surface area contributed by atoms with Crippen molar-refractivity contribution in [3.8, 4) is 22.6 Å². The third-order valence-corrected chi connectivity index (χ3v) is 5.07. The zero-order valence-electron chi connectivity index (χ0n) is 15.9. The van der Waals surface area contributed by atoms with Crippen molar-refractivity contribution in [1.82, 2.24) is 0 Å². The maximum Gasteiger partial charge on any atom is 0.134 e. The molecule has 2 aromatic heterocycles. The minimum absolute atomic E-state index is 0.105. The van der Waals surface area contributed by atoms with Gasteiger partial charge >= 0.3 is 0 Å². The molecule has 2 heterocycles. The fourth-order valence-electron chi connectivity index (χ4n) is 3.65. The van der Waals surface area contributed by atoms with Gasteiger partial charge in [-0.2, -0.15) is 0 Å². The third-order valence-electron chi connectivity index (χ3n) is 5.07. The average Bonchev–Trinajstić information content (AvgIpc) is 3.47. The molecule has 0 amide bonds. The number of furan rings is 2. The third kappa shape index (κ3) is 3.53. The summed E-state index contributed by atoms with van der Waals surface area (Å²) in [6.07, 6.45) is 0. The van der Waals surface area contributed by atoms with Crippen LogP contribution in [0, 0.1) is 0 Å². The van der Waals surface area contributed by atoms with Crippen molar-refractivity contribution in [1.29, 1.82) is 0 Å². The monoisotopic (exact) mass is 376 g/mol. The second-order valence-corrected chi connectivity index (χ2v) is 6.98. The Bertz CT molecular complexity index is 1110. The van der Waals surface area contributed by atoms with Crippen LogP contribution in [0.4, 0.5) is 0 Å². The first kappa shape index (κ1) is 17.3. The Balaban J connectivity index is 1.57. The van der Waals surface area contributed by atoms with Gasteiger partial charge in [0.1, 0.15) is 29.0 Å². The molecule has 2 nitrogen and oxygen atoms in total. The van der Waals surface area contributed by atoms with E-state index in [1.807, 2.05) is 78.9 Å². The van der Waals surface area contributed by atoms with Crippen LogP contribution in [0.15, 0.2) is 124 Å². The van der Waals surface area contributed by atoms with Crippen LogP contribution in [-0.2, 0) is 0 Å². The molecule has 3 aromatic carbocycles. The molecule has 0 aliphatic heterocycles. The van der Waals surface area contributed by atoms with E-state index in [4.69, 9.17) is 8.83 Å². The lowest BCUT2D eigenvalue weighted by Crippen LogP contribution is -2.00. The standard InChI is InChI=1S/C27H20O2/c1-4-10-20(11-5-1)23-16-18-25(28-23)27(22-14-8-3-9-15-22)26-19-17-24(29-26)21-12-6-2-7-13-21/h1-19,27H. The van der Waals surface area contributed by atoms with Crippen LogP contribution in [0.5, 0.6) is 0 Å². The lowest BCUT2D eigenvalue weighted by molar-refractivity contribution is 0.461. The van der Waals surface area contributed by atoms with Crippen molar-refractivity contribution < 1.29 is 8.83 Å². The van der Waals surface area contributed by atoms with Crippen LogP contribution in [0.2, 0.25) is 0 Å². The van der Waals surface area contributed by atoms with Gasteiger partial charge in [0, 0.05) is 11.1 Å². The van der Waals surface area contributed by atoms with Gasteiger partial charge in [0.25, 0.3) is 0 Å². The minimum Gasteiger partial charge on any atom is -0.460 e. The molecule has 5 rings (SSSR count). The largest absolute Gasteiger partial charge is 0.460 e. The Morgan fingerprint density at radius 1 is 0.414 bits per heavy atom. The van der Waals surface area contributed by atoms with E-state index in [9.17, 15) is 0 Å². The van der Waals surface area contributed by atoms with Gasteiger partial charge in [0.15, 0.2) is 0 Å². The molecule has 0 aliphatic rings. The number of hydrogen-bond donors (Lipinski definition) is 0. The van der Waals surface area contributed by atoms with E-state index in [1.54, 1.807) is 0 Å². The van der Waals surface area contributed by atoms with E-state index in [-0.39, 0.29) is 5.92 Å². The van der Waals surface area contributed by atoms with Gasteiger partial charge in [-0.1, -0.05) is 91.0 Å². The summed E-state index contributed by atoms with van der Waals surface area (Å²) < 4.78 is 12.6. The highest BCUT2D eigenvalue weighted by molar-refractivity contribution is 5.59. The molecule has 2 heteroatoms. The molecule has 0 aliphatic carbocycles. The summed E-state index contributed by atoms with van der Waals surface area (Å²) in [6.45, 7) is 0. The van der Waals surface area contributed by atoms with Crippen LogP contribution >= 0.6 is 0 Å². The SMILES string of the molecule is c1ccc(-c2ccc(C(c3ccccc3)c3ccc(-c4ccccc4)o3)o2)cc1. The van der Waals surface area contributed by atoms with Crippen molar-refractivity contribution in [3.05, 3.63) is 132 Å². The van der Waals surface area contributed by atoms with E-state index in [1.165, 1.54) is 0 Å². The summed E-state index contributed by atoms with van der Waals surface area (Å²) in [5.41, 5.74) is 3.26. The van der Waals surface area contributed by atoms with Gasteiger partial charge < -0.3 is 8.83 Å². The molecular weight excluding hydrogens is 356 g/mol. The Morgan fingerprint density at radius 2 is 0.828 bits per heavy atom. The predicted octanol–water partition coefficient (Wildman–Crippen LogP) is 7.39. The van der Waals surface area contributed by atoms with Gasteiger partial charge in [-0.3, -0.25) is 0 Å². The summed E-state index contributed by atoms with van der Waals surface area (Å²) in [4.78, 5) is 0. The van der Waals surface area contributed by atoms with Crippen LogP contribution in [0.3, 0.4) is 0 Å². The zero-order valence-corrected chi connectivity index (χ0v) is 15.9. The maximum atomic E-state index is 6.30. The number of hydrogen-bond acceptors (Lipinski definition) is 2. The zero-order chi connectivity index (χ0) is 19.5. The first-order chi connectivity index (χ1) is 14.4. The Hall–Kier alpha value is -3.78. The molecule has 5 aromatic rings. The van der Waals surface area contributed by atoms with Crippen molar-refractivity contribution in [2.75, 3.05) is 0 Å². The lowest BCUT2D eigenvalue weighted by Gasteiger charge is -2.13. The van der Waals surface area contributed by atoms with Gasteiger partial charge in [-0.15, -0.1) is 0 Å². The van der Waals surface area contributed by atoms with E-state index < -0.39 is 0 Å². The summed E-state index contributed by atoms with van der Waals surface area (Å²) in [5.74, 6) is 3.34. The first-order valence-electron chi connectivity index (χ1n) is 9.74. The van der Waals surface area contributed by atoms with Crippen molar-refractivity contribution >= 4 is 0 Å². The second kappa shape index (κ2) is 7.69. The van der Waals surface area contributed by atoms with E-state index in [2.05, 4.69) is 36.4 Å². The predicted molar refractivity (Wildman–Crippen MR) is 116 cm³/mol. The molecule has 0 bridgehead atoms. The Morgan fingerprint density at radius 3 is 1.28 bits per heavy atom. The highest BCUT2D eigenvalue weighted by Crippen LogP contribution is 2.37. The normalized spacial score (nSPS) is 11.1. The molecule has 0 N–H and O–H groups in total.